The van der Waals surface area contributed by atoms with Crippen molar-refractivity contribution in [2.24, 2.45) is 0 Å². The lowest BCUT2D eigenvalue weighted by Gasteiger charge is -2.33. The van der Waals surface area contributed by atoms with E-state index in [-0.39, 0.29) is 24.0 Å². The number of hydrogen-bond donors (Lipinski definition) is 3. The van der Waals surface area contributed by atoms with Crippen LogP contribution in [-0.2, 0) is 6.42 Å². The van der Waals surface area contributed by atoms with Crippen molar-refractivity contribution in [2.75, 3.05) is 0 Å². The molecule has 1 aliphatic carbocycles. The summed E-state index contributed by atoms with van der Waals surface area (Å²) in [6.45, 7) is 8.63. The van der Waals surface area contributed by atoms with Crippen LogP contribution in [0.25, 0.3) is 22.1 Å². The van der Waals surface area contributed by atoms with Crippen LogP contribution < -0.4 is 10.9 Å². The van der Waals surface area contributed by atoms with Crippen LogP contribution in [0.4, 0.5) is 0 Å². The molecule has 3 aromatic heterocycles. The number of rotatable bonds is 4. The number of halogens is 1. The fraction of sp³-hybridized carbons (Fsp3) is 0.520. The first-order valence-corrected chi connectivity index (χ1v) is 12.1. The van der Waals surface area contributed by atoms with Gasteiger partial charge in [-0.3, -0.25) is 4.79 Å². The molecule has 2 unspecified atom stereocenters. The third-order valence-electron chi connectivity index (χ3n) is 7.25. The second-order valence-corrected chi connectivity index (χ2v) is 10.2. The predicted molar refractivity (Wildman–Crippen MR) is 136 cm³/mol. The Kier molecular flexibility index (Phi) is 5.76. The van der Waals surface area contributed by atoms with Gasteiger partial charge in [0.2, 0.25) is 0 Å². The molecule has 6 rings (SSSR count). The highest BCUT2D eigenvalue weighted by atomic mass is 35.5. The number of nitrogens with one attached hydrogen (secondary N) is 3. The van der Waals surface area contributed by atoms with Crippen LogP contribution >= 0.6 is 12.4 Å². The summed E-state index contributed by atoms with van der Waals surface area (Å²) < 4.78 is 2.06. The van der Waals surface area contributed by atoms with E-state index in [4.69, 9.17) is 15.1 Å². The van der Waals surface area contributed by atoms with Gasteiger partial charge in [0.05, 0.1) is 29.2 Å². The molecular formula is C25H32ClN7O. The summed E-state index contributed by atoms with van der Waals surface area (Å²) in [5.41, 5.74) is 5.97. The van der Waals surface area contributed by atoms with Crippen LogP contribution in [0.3, 0.4) is 0 Å². The fourth-order valence-electron chi connectivity index (χ4n) is 5.40. The smallest absolute Gasteiger partial charge is 0.262 e. The van der Waals surface area contributed by atoms with Gasteiger partial charge in [-0.2, -0.15) is 5.10 Å². The van der Waals surface area contributed by atoms with Crippen molar-refractivity contribution in [1.82, 2.24) is 35.0 Å². The summed E-state index contributed by atoms with van der Waals surface area (Å²) in [6.07, 6.45) is 4.61. The molecule has 0 amide bonds. The molecule has 0 radical (unpaired) electrons. The number of fused-ring (bicyclic) bond motifs is 2. The average molecular weight is 482 g/mol. The summed E-state index contributed by atoms with van der Waals surface area (Å²) in [4.78, 5) is 29.4. The fourth-order valence-corrected chi connectivity index (χ4v) is 5.40. The topological polar surface area (TPSA) is 104 Å². The Morgan fingerprint density at radius 2 is 1.68 bits per heavy atom. The van der Waals surface area contributed by atoms with E-state index in [0.717, 1.165) is 53.9 Å². The predicted octanol–water partition coefficient (Wildman–Crippen LogP) is 4.20. The number of aromatic nitrogens is 6. The third kappa shape index (κ3) is 4.03. The van der Waals surface area contributed by atoms with Crippen molar-refractivity contribution < 1.29 is 0 Å². The summed E-state index contributed by atoms with van der Waals surface area (Å²) >= 11 is 0. The Balaban J connectivity index is 0.00000241. The van der Waals surface area contributed by atoms with Gasteiger partial charge < -0.3 is 15.3 Å². The lowest BCUT2D eigenvalue weighted by Crippen LogP contribution is -2.43. The molecule has 1 aromatic carbocycles. The van der Waals surface area contributed by atoms with Crippen molar-refractivity contribution in [3.8, 4) is 0 Å². The SMILES string of the molecule is Cc1cc2nc(Cc3nc4c(c(C5CC5)nn4C4CC(C)NC(C)C4)c(=O)[nH]3)[nH]c2cc1C.Cl. The quantitative estimate of drug-likeness (QED) is 0.405. The molecule has 2 aliphatic rings. The minimum absolute atomic E-state index is 0. The molecule has 180 valence electrons. The molecule has 0 spiro atoms. The van der Waals surface area contributed by atoms with E-state index in [1.165, 1.54) is 11.1 Å². The molecule has 1 saturated carbocycles. The highest BCUT2D eigenvalue weighted by molar-refractivity contribution is 5.85. The largest absolute Gasteiger partial charge is 0.342 e. The standard InChI is InChI=1S/C25H31N7O.ClH/c1-12-7-18-19(8-13(12)2)28-20(27-18)11-21-29-24-22(25(33)30-21)23(16-5-6-16)31-32(24)17-9-14(3)26-15(4)10-17;/h7-8,14-17,26H,5-6,9-11H2,1-4H3,(H,27,28)(H,29,30,33);1H. The molecule has 3 N–H and O–H groups in total. The van der Waals surface area contributed by atoms with Crippen LogP contribution in [0, 0.1) is 13.8 Å². The molecular weight excluding hydrogens is 450 g/mol. The van der Waals surface area contributed by atoms with Crippen LogP contribution in [-0.4, -0.2) is 41.8 Å². The molecule has 9 heteroatoms. The number of aryl methyl sites for hydroxylation is 2. The second-order valence-electron chi connectivity index (χ2n) is 10.2. The average Bonchev–Trinajstić information content (AvgIpc) is 3.41. The van der Waals surface area contributed by atoms with E-state index in [1.807, 2.05) is 0 Å². The molecule has 4 heterocycles. The van der Waals surface area contributed by atoms with Gasteiger partial charge in [0, 0.05) is 18.0 Å². The highest BCUT2D eigenvalue weighted by Gasteiger charge is 2.34. The van der Waals surface area contributed by atoms with Gasteiger partial charge >= 0.3 is 0 Å². The summed E-state index contributed by atoms with van der Waals surface area (Å²) in [7, 11) is 0. The maximum atomic E-state index is 13.2. The summed E-state index contributed by atoms with van der Waals surface area (Å²) in [5, 5.41) is 9.27. The van der Waals surface area contributed by atoms with E-state index in [1.54, 1.807) is 0 Å². The lowest BCUT2D eigenvalue weighted by atomic mass is 9.95. The van der Waals surface area contributed by atoms with Crippen molar-refractivity contribution >= 4 is 34.5 Å². The van der Waals surface area contributed by atoms with Gasteiger partial charge in [-0.1, -0.05) is 0 Å². The first-order chi connectivity index (χ1) is 15.9. The third-order valence-corrected chi connectivity index (χ3v) is 7.25. The maximum Gasteiger partial charge on any atom is 0.262 e. The van der Waals surface area contributed by atoms with E-state index in [2.05, 4.69) is 59.8 Å². The van der Waals surface area contributed by atoms with Gasteiger partial charge in [-0.15, -0.1) is 12.4 Å². The van der Waals surface area contributed by atoms with Gasteiger partial charge in [0.25, 0.3) is 5.56 Å². The molecule has 8 nitrogen and oxygen atoms in total. The maximum absolute atomic E-state index is 13.2. The number of nitrogens with zero attached hydrogens (tertiary/aromatic N) is 4. The summed E-state index contributed by atoms with van der Waals surface area (Å²) in [5.74, 6) is 1.81. The molecule has 1 saturated heterocycles. The minimum atomic E-state index is -0.0824. The Morgan fingerprint density at radius 1 is 1.00 bits per heavy atom. The number of hydrogen-bond acceptors (Lipinski definition) is 5. The van der Waals surface area contributed by atoms with Gasteiger partial charge in [-0.05, 0) is 76.6 Å². The van der Waals surface area contributed by atoms with E-state index in [9.17, 15) is 4.79 Å². The number of piperidine rings is 1. The first-order valence-electron chi connectivity index (χ1n) is 12.1. The monoisotopic (exact) mass is 481 g/mol. The first kappa shape index (κ1) is 23.1. The molecule has 2 atom stereocenters. The lowest BCUT2D eigenvalue weighted by molar-refractivity contribution is 0.253. The number of H-pyrrole nitrogens is 2. The number of aromatic amines is 2. The van der Waals surface area contributed by atoms with Crippen LogP contribution in [0.15, 0.2) is 16.9 Å². The van der Waals surface area contributed by atoms with Crippen molar-refractivity contribution in [3.63, 3.8) is 0 Å². The van der Waals surface area contributed by atoms with Gasteiger partial charge in [-0.25, -0.2) is 14.6 Å². The van der Waals surface area contributed by atoms with E-state index in [0.29, 0.717) is 35.6 Å². The number of benzene rings is 1. The molecule has 1 aliphatic heterocycles. The normalized spacial score (nSPS) is 22.9. The molecule has 0 bridgehead atoms. The Bertz CT molecular complexity index is 1380. The molecule has 4 aromatic rings. The van der Waals surface area contributed by atoms with Crippen LogP contribution in [0.1, 0.15) is 80.0 Å². The van der Waals surface area contributed by atoms with Crippen molar-refractivity contribution in [1.29, 1.82) is 0 Å². The highest BCUT2D eigenvalue weighted by Crippen LogP contribution is 2.42. The Hall–Kier alpha value is -2.71. The Labute approximate surface area is 204 Å². The van der Waals surface area contributed by atoms with Gasteiger partial charge in [0.15, 0.2) is 5.65 Å². The van der Waals surface area contributed by atoms with Crippen molar-refractivity contribution in [2.45, 2.75) is 83.8 Å². The zero-order chi connectivity index (χ0) is 22.9. The second kappa shape index (κ2) is 8.50. The van der Waals surface area contributed by atoms with Gasteiger partial charge in [0.1, 0.15) is 17.0 Å². The van der Waals surface area contributed by atoms with E-state index < -0.39 is 0 Å². The zero-order valence-electron chi connectivity index (χ0n) is 20.1. The minimum Gasteiger partial charge on any atom is -0.342 e. The Morgan fingerprint density at radius 3 is 2.38 bits per heavy atom. The van der Waals surface area contributed by atoms with E-state index >= 15 is 0 Å². The molecule has 2 fully saturated rings. The van der Waals surface area contributed by atoms with Crippen LogP contribution in [0.2, 0.25) is 0 Å². The summed E-state index contributed by atoms with van der Waals surface area (Å²) in [6, 6.07) is 5.28. The van der Waals surface area contributed by atoms with Crippen LogP contribution in [0.5, 0.6) is 0 Å². The molecule has 34 heavy (non-hydrogen) atoms. The van der Waals surface area contributed by atoms with Crippen molar-refractivity contribution in [3.05, 3.63) is 51.0 Å². The zero-order valence-corrected chi connectivity index (χ0v) is 20.9. The number of imidazole rings is 1.